The fourth-order valence-corrected chi connectivity index (χ4v) is 2.72. The predicted molar refractivity (Wildman–Crippen MR) is 96.9 cm³/mol. The Hall–Kier alpha value is -2.75. The van der Waals surface area contributed by atoms with Crippen molar-refractivity contribution in [1.82, 2.24) is 9.89 Å². The van der Waals surface area contributed by atoms with E-state index in [0.29, 0.717) is 6.61 Å². The van der Waals surface area contributed by atoms with E-state index in [0.717, 1.165) is 30.2 Å². The average molecular weight is 321 g/mol. The van der Waals surface area contributed by atoms with Crippen molar-refractivity contribution >= 4 is 0 Å². The monoisotopic (exact) mass is 321 g/mol. The number of nitrogens with zero attached hydrogens (tertiary/aromatic N) is 3. The van der Waals surface area contributed by atoms with Crippen LogP contribution in [-0.4, -0.2) is 23.0 Å². The molecular weight excluding hydrogens is 298 g/mol. The number of aromatic nitrogens is 2. The van der Waals surface area contributed by atoms with E-state index >= 15 is 0 Å². The minimum Gasteiger partial charge on any atom is -0.492 e. The molecule has 24 heavy (non-hydrogen) atoms. The molecule has 0 bridgehead atoms. The van der Waals surface area contributed by atoms with E-state index in [4.69, 9.17) is 4.74 Å². The van der Waals surface area contributed by atoms with Crippen molar-refractivity contribution in [2.45, 2.75) is 20.4 Å². The minimum atomic E-state index is 0.606. The second-order valence-electron chi connectivity index (χ2n) is 5.85. The summed E-state index contributed by atoms with van der Waals surface area (Å²) in [6.45, 7) is 6.25. The van der Waals surface area contributed by atoms with Crippen LogP contribution in [0.2, 0.25) is 0 Å². The first kappa shape index (κ1) is 16.1. The van der Waals surface area contributed by atoms with Crippen LogP contribution in [0.3, 0.4) is 0 Å². The molecule has 0 fully saturated rings. The maximum absolute atomic E-state index is 5.86. The molecule has 124 valence electrons. The van der Waals surface area contributed by atoms with Gasteiger partial charge in [0.05, 0.1) is 24.5 Å². The van der Waals surface area contributed by atoms with Crippen LogP contribution >= 0.6 is 0 Å². The Morgan fingerprint density at radius 2 is 1.62 bits per heavy atom. The van der Waals surface area contributed by atoms with E-state index in [9.17, 15) is 0 Å². The standard InChI is InChI=1S/C20H23N3O/c1-17-15-18(2)23(21-17)22(16-19-9-5-3-6-10-19)13-14-24-20-11-7-4-8-12-20/h3-12,15H,13-14,16H2,1-2H3. The number of para-hydroxylation sites is 1. The van der Waals surface area contributed by atoms with Crippen molar-refractivity contribution in [2.75, 3.05) is 18.2 Å². The van der Waals surface area contributed by atoms with E-state index in [1.54, 1.807) is 0 Å². The van der Waals surface area contributed by atoms with E-state index in [2.05, 4.69) is 47.4 Å². The summed E-state index contributed by atoms with van der Waals surface area (Å²) in [5.41, 5.74) is 3.41. The number of hydrogen-bond donors (Lipinski definition) is 0. The van der Waals surface area contributed by atoms with Gasteiger partial charge in [-0.2, -0.15) is 9.89 Å². The lowest BCUT2D eigenvalue weighted by atomic mass is 10.2. The summed E-state index contributed by atoms with van der Waals surface area (Å²) in [6, 6.07) is 22.4. The smallest absolute Gasteiger partial charge is 0.119 e. The van der Waals surface area contributed by atoms with Crippen LogP contribution in [0.1, 0.15) is 17.0 Å². The van der Waals surface area contributed by atoms with Gasteiger partial charge in [0.2, 0.25) is 0 Å². The highest BCUT2D eigenvalue weighted by atomic mass is 16.5. The van der Waals surface area contributed by atoms with Crippen LogP contribution in [0.5, 0.6) is 5.75 Å². The normalized spacial score (nSPS) is 10.6. The Labute approximate surface area is 143 Å². The Morgan fingerprint density at radius 1 is 0.958 bits per heavy atom. The maximum Gasteiger partial charge on any atom is 0.119 e. The molecule has 3 aromatic rings. The highest BCUT2D eigenvalue weighted by molar-refractivity contribution is 5.21. The van der Waals surface area contributed by atoms with Crippen LogP contribution < -0.4 is 9.75 Å². The van der Waals surface area contributed by atoms with Crippen LogP contribution in [0.25, 0.3) is 0 Å². The van der Waals surface area contributed by atoms with Gasteiger partial charge in [-0.25, -0.2) is 0 Å². The number of ether oxygens (including phenoxy) is 1. The maximum atomic E-state index is 5.86. The first-order chi connectivity index (χ1) is 11.7. The number of hydrogen-bond acceptors (Lipinski definition) is 3. The number of aryl methyl sites for hydroxylation is 2. The van der Waals surface area contributed by atoms with Crippen LogP contribution in [-0.2, 0) is 6.54 Å². The molecule has 0 N–H and O–H groups in total. The molecule has 4 heteroatoms. The Morgan fingerprint density at radius 3 is 2.25 bits per heavy atom. The van der Waals surface area contributed by atoms with Crippen molar-refractivity contribution < 1.29 is 4.74 Å². The molecule has 4 nitrogen and oxygen atoms in total. The van der Waals surface area contributed by atoms with E-state index in [1.807, 2.05) is 48.1 Å². The summed E-state index contributed by atoms with van der Waals surface area (Å²) in [5, 5.41) is 6.83. The first-order valence-electron chi connectivity index (χ1n) is 8.22. The summed E-state index contributed by atoms with van der Waals surface area (Å²) in [6.07, 6.45) is 0. The molecule has 0 radical (unpaired) electrons. The van der Waals surface area contributed by atoms with Crippen molar-refractivity contribution in [3.05, 3.63) is 83.7 Å². The average Bonchev–Trinajstić information content (AvgIpc) is 2.94. The van der Waals surface area contributed by atoms with Gasteiger partial charge in [0.1, 0.15) is 12.4 Å². The summed E-state index contributed by atoms with van der Waals surface area (Å²) in [4.78, 5) is 1.98. The van der Waals surface area contributed by atoms with Crippen molar-refractivity contribution in [3.63, 3.8) is 0 Å². The third-order valence-electron chi connectivity index (χ3n) is 3.82. The molecule has 1 aromatic heterocycles. The molecule has 0 spiro atoms. The molecule has 0 atom stereocenters. The zero-order chi connectivity index (χ0) is 16.8. The van der Waals surface area contributed by atoms with Gasteiger partial charge in [-0.05, 0) is 37.6 Å². The molecule has 0 saturated carbocycles. The third-order valence-corrected chi connectivity index (χ3v) is 3.82. The zero-order valence-electron chi connectivity index (χ0n) is 14.2. The molecule has 3 rings (SSSR count). The summed E-state index contributed by atoms with van der Waals surface area (Å²) in [5.74, 6) is 0.894. The van der Waals surface area contributed by atoms with Crippen LogP contribution in [0, 0.1) is 13.8 Å². The summed E-state index contributed by atoms with van der Waals surface area (Å²) >= 11 is 0. The highest BCUT2D eigenvalue weighted by Gasteiger charge is 2.11. The number of rotatable bonds is 7. The van der Waals surface area contributed by atoms with Gasteiger partial charge in [-0.3, -0.25) is 5.01 Å². The molecule has 0 aliphatic rings. The van der Waals surface area contributed by atoms with E-state index < -0.39 is 0 Å². The van der Waals surface area contributed by atoms with Gasteiger partial charge in [0.25, 0.3) is 0 Å². The fourth-order valence-electron chi connectivity index (χ4n) is 2.72. The zero-order valence-corrected chi connectivity index (χ0v) is 14.2. The molecule has 0 amide bonds. The Balaban J connectivity index is 1.71. The SMILES string of the molecule is Cc1cc(C)n(N(CCOc2ccccc2)Cc2ccccc2)n1. The Bertz CT molecular complexity index is 753. The molecule has 2 aromatic carbocycles. The minimum absolute atomic E-state index is 0.606. The predicted octanol–water partition coefficient (Wildman–Crippen LogP) is 3.72. The molecular formula is C20H23N3O. The van der Waals surface area contributed by atoms with E-state index in [-0.39, 0.29) is 0 Å². The second kappa shape index (κ2) is 7.68. The molecule has 0 aliphatic heterocycles. The molecule has 0 aliphatic carbocycles. The quantitative estimate of drug-likeness (QED) is 0.664. The molecule has 0 unspecified atom stereocenters. The lowest BCUT2D eigenvalue weighted by Crippen LogP contribution is -2.39. The van der Waals surface area contributed by atoms with Crippen LogP contribution in [0.4, 0.5) is 0 Å². The van der Waals surface area contributed by atoms with Crippen molar-refractivity contribution in [3.8, 4) is 5.75 Å². The van der Waals surface area contributed by atoms with Gasteiger partial charge >= 0.3 is 0 Å². The first-order valence-corrected chi connectivity index (χ1v) is 8.22. The van der Waals surface area contributed by atoms with Crippen molar-refractivity contribution in [1.29, 1.82) is 0 Å². The largest absolute Gasteiger partial charge is 0.492 e. The van der Waals surface area contributed by atoms with Gasteiger partial charge in [0, 0.05) is 0 Å². The lowest BCUT2D eigenvalue weighted by Gasteiger charge is -2.26. The van der Waals surface area contributed by atoms with Crippen LogP contribution in [0.15, 0.2) is 66.7 Å². The molecule has 0 saturated heterocycles. The fraction of sp³-hybridized carbons (Fsp3) is 0.250. The molecule has 1 heterocycles. The highest BCUT2D eigenvalue weighted by Crippen LogP contribution is 2.10. The topological polar surface area (TPSA) is 30.3 Å². The van der Waals surface area contributed by atoms with Gasteiger partial charge < -0.3 is 4.74 Å². The van der Waals surface area contributed by atoms with Gasteiger partial charge in [-0.15, -0.1) is 0 Å². The summed E-state index contributed by atoms with van der Waals surface area (Å²) < 4.78 is 5.86. The van der Waals surface area contributed by atoms with Gasteiger partial charge in [0.15, 0.2) is 0 Å². The van der Waals surface area contributed by atoms with E-state index in [1.165, 1.54) is 5.56 Å². The second-order valence-corrected chi connectivity index (χ2v) is 5.85. The Kier molecular flexibility index (Phi) is 5.16. The lowest BCUT2D eigenvalue weighted by molar-refractivity contribution is 0.306. The third kappa shape index (κ3) is 4.16. The van der Waals surface area contributed by atoms with Crippen molar-refractivity contribution in [2.24, 2.45) is 0 Å². The van der Waals surface area contributed by atoms with Gasteiger partial charge in [-0.1, -0.05) is 48.5 Å². The summed E-state index contributed by atoms with van der Waals surface area (Å²) in [7, 11) is 0. The number of benzene rings is 2.